The molecule has 0 aromatic heterocycles. The summed E-state index contributed by atoms with van der Waals surface area (Å²) < 4.78 is 0. The van der Waals surface area contributed by atoms with Gasteiger partial charge in [-0.1, -0.05) is 174 Å². The van der Waals surface area contributed by atoms with E-state index in [4.69, 9.17) is 0 Å². The van der Waals surface area contributed by atoms with E-state index >= 15 is 0 Å². The van der Waals surface area contributed by atoms with Gasteiger partial charge in [0.15, 0.2) is 0 Å². The Morgan fingerprint density at radius 1 is 0.500 bits per heavy atom. The molecule has 36 heavy (non-hydrogen) atoms. The van der Waals surface area contributed by atoms with Crippen molar-refractivity contribution in [2.24, 2.45) is 0 Å². The average Bonchev–Trinajstić information content (AvgIpc) is 2.85. The zero-order chi connectivity index (χ0) is 26.5. The first-order chi connectivity index (χ1) is 17.6. The lowest BCUT2D eigenvalue weighted by molar-refractivity contribution is -0.138. The highest BCUT2D eigenvalue weighted by Gasteiger charge is 2.16. The largest absolute Gasteiger partial charge is 0.480 e. The first kappa shape index (κ1) is 35.4. The molecule has 0 aliphatic rings. The maximum Gasteiger partial charge on any atom is 0.317 e. The molecule has 0 aromatic rings. The van der Waals surface area contributed by atoms with Crippen molar-refractivity contribution in [2.75, 3.05) is 13.6 Å². The summed E-state index contributed by atoms with van der Waals surface area (Å²) in [5, 5.41) is 9.24. The van der Waals surface area contributed by atoms with Gasteiger partial charge in [0, 0.05) is 6.04 Å². The van der Waals surface area contributed by atoms with E-state index in [1.54, 1.807) is 0 Å². The first-order valence-corrected chi connectivity index (χ1v) is 16.5. The number of rotatable bonds is 30. The zero-order valence-electron chi connectivity index (χ0n) is 25.2. The summed E-state index contributed by atoms with van der Waals surface area (Å²) in [6.45, 7) is 4.75. The van der Waals surface area contributed by atoms with Gasteiger partial charge in [0.05, 0.1) is 6.54 Å². The third-order valence-corrected chi connectivity index (χ3v) is 8.04. The molecule has 0 bridgehead atoms. The summed E-state index contributed by atoms with van der Waals surface area (Å²) in [6.07, 6.45) is 36.9. The highest BCUT2D eigenvalue weighted by Crippen LogP contribution is 2.19. The van der Waals surface area contributed by atoms with Crippen LogP contribution in [0.25, 0.3) is 0 Å². The van der Waals surface area contributed by atoms with Gasteiger partial charge in [0.25, 0.3) is 0 Å². The highest BCUT2D eigenvalue weighted by molar-refractivity contribution is 5.69. The standard InChI is InChI=1S/C33H67NO2/c1-4-6-8-10-12-14-16-17-18-19-20-22-24-26-28-30-32(34(3)31-33(35)36)29-27-25-23-21-15-13-11-9-7-5-2/h32H,4-31H2,1-3H3,(H,35,36). The Morgan fingerprint density at radius 3 is 1.00 bits per heavy atom. The van der Waals surface area contributed by atoms with E-state index in [1.165, 1.54) is 173 Å². The van der Waals surface area contributed by atoms with Crippen LogP contribution in [0.5, 0.6) is 0 Å². The molecule has 0 radical (unpaired) electrons. The minimum absolute atomic E-state index is 0.182. The Hall–Kier alpha value is -0.570. The van der Waals surface area contributed by atoms with Crippen LogP contribution in [0.15, 0.2) is 0 Å². The third-order valence-electron chi connectivity index (χ3n) is 8.04. The Bertz CT molecular complexity index is 439. The summed E-state index contributed by atoms with van der Waals surface area (Å²) in [5.41, 5.74) is 0. The van der Waals surface area contributed by atoms with Crippen molar-refractivity contribution in [3.8, 4) is 0 Å². The quantitative estimate of drug-likeness (QED) is 0.0978. The fourth-order valence-electron chi connectivity index (χ4n) is 5.55. The van der Waals surface area contributed by atoms with Crippen LogP contribution in [0.1, 0.15) is 187 Å². The van der Waals surface area contributed by atoms with Crippen LogP contribution in [0.3, 0.4) is 0 Å². The molecule has 216 valence electrons. The fourth-order valence-corrected chi connectivity index (χ4v) is 5.55. The number of aliphatic carboxylic acids is 1. The van der Waals surface area contributed by atoms with Crippen molar-refractivity contribution in [2.45, 2.75) is 193 Å². The molecular formula is C33H67NO2. The van der Waals surface area contributed by atoms with E-state index in [2.05, 4.69) is 18.7 Å². The maximum atomic E-state index is 11.2. The summed E-state index contributed by atoms with van der Waals surface area (Å²) in [5.74, 6) is -0.693. The predicted octanol–water partition coefficient (Wildman–Crippen LogP) is 10.9. The molecule has 0 aliphatic carbocycles. The van der Waals surface area contributed by atoms with Gasteiger partial charge < -0.3 is 5.11 Å². The van der Waals surface area contributed by atoms with Crippen molar-refractivity contribution in [1.29, 1.82) is 0 Å². The summed E-state index contributed by atoms with van der Waals surface area (Å²) >= 11 is 0. The number of likely N-dealkylation sites (N-methyl/N-ethyl adjacent to an activating group) is 1. The molecule has 0 saturated carbocycles. The van der Waals surface area contributed by atoms with Crippen molar-refractivity contribution < 1.29 is 9.90 Å². The molecule has 0 fully saturated rings. The van der Waals surface area contributed by atoms with Crippen LogP contribution in [-0.4, -0.2) is 35.6 Å². The lowest BCUT2D eigenvalue weighted by Gasteiger charge is -2.27. The van der Waals surface area contributed by atoms with Gasteiger partial charge in [0.2, 0.25) is 0 Å². The average molecular weight is 510 g/mol. The smallest absolute Gasteiger partial charge is 0.317 e. The topological polar surface area (TPSA) is 40.5 Å². The number of carboxylic acids is 1. The molecule has 1 atom stereocenters. The molecule has 3 heteroatoms. The van der Waals surface area contributed by atoms with E-state index in [0.29, 0.717) is 6.04 Å². The Balaban J connectivity index is 3.72. The van der Waals surface area contributed by atoms with Crippen molar-refractivity contribution in [1.82, 2.24) is 4.90 Å². The number of hydrogen-bond acceptors (Lipinski definition) is 2. The van der Waals surface area contributed by atoms with E-state index in [-0.39, 0.29) is 6.54 Å². The van der Waals surface area contributed by atoms with Gasteiger partial charge in [-0.15, -0.1) is 0 Å². The number of hydrogen-bond donors (Lipinski definition) is 1. The molecule has 0 rings (SSSR count). The molecule has 0 aliphatic heterocycles. The number of unbranched alkanes of at least 4 members (excludes halogenated alkanes) is 23. The van der Waals surface area contributed by atoms with E-state index in [0.717, 1.165) is 0 Å². The second-order valence-electron chi connectivity index (χ2n) is 11.7. The Morgan fingerprint density at radius 2 is 0.750 bits per heavy atom. The molecule has 0 aromatic carbocycles. The van der Waals surface area contributed by atoms with E-state index in [1.807, 2.05) is 7.05 Å². The Labute approximate surface area is 227 Å². The summed E-state index contributed by atoms with van der Waals surface area (Å²) in [6, 6.07) is 0.442. The molecular weight excluding hydrogens is 442 g/mol. The fraction of sp³-hybridized carbons (Fsp3) is 0.970. The van der Waals surface area contributed by atoms with Crippen LogP contribution in [0.2, 0.25) is 0 Å². The van der Waals surface area contributed by atoms with Crippen molar-refractivity contribution in [3.05, 3.63) is 0 Å². The summed E-state index contributed by atoms with van der Waals surface area (Å²) in [7, 11) is 2.01. The normalized spacial score (nSPS) is 12.4. The zero-order valence-corrected chi connectivity index (χ0v) is 25.2. The SMILES string of the molecule is CCCCCCCCCCCCCCCCCC(CCCCCCCCCCCC)N(C)CC(=O)O. The van der Waals surface area contributed by atoms with Gasteiger partial charge in [-0.25, -0.2) is 0 Å². The first-order valence-electron chi connectivity index (χ1n) is 16.5. The highest BCUT2D eigenvalue weighted by atomic mass is 16.4. The lowest BCUT2D eigenvalue weighted by atomic mass is 9.98. The molecule has 0 saturated heterocycles. The maximum absolute atomic E-state index is 11.2. The molecule has 0 heterocycles. The van der Waals surface area contributed by atoms with Crippen LogP contribution < -0.4 is 0 Å². The molecule has 0 amide bonds. The summed E-state index contributed by atoms with van der Waals surface area (Å²) in [4.78, 5) is 13.3. The minimum Gasteiger partial charge on any atom is -0.480 e. The van der Waals surface area contributed by atoms with E-state index in [9.17, 15) is 9.90 Å². The van der Waals surface area contributed by atoms with Gasteiger partial charge in [0.1, 0.15) is 0 Å². The molecule has 1 unspecified atom stereocenters. The van der Waals surface area contributed by atoms with E-state index < -0.39 is 5.97 Å². The van der Waals surface area contributed by atoms with Gasteiger partial charge >= 0.3 is 5.97 Å². The number of carboxylic acid groups (broad SMARTS) is 1. The van der Waals surface area contributed by atoms with Crippen molar-refractivity contribution in [3.63, 3.8) is 0 Å². The Kier molecular flexibility index (Phi) is 28.5. The molecule has 3 nitrogen and oxygen atoms in total. The lowest BCUT2D eigenvalue weighted by Crippen LogP contribution is -2.35. The van der Waals surface area contributed by atoms with Crippen LogP contribution >= 0.6 is 0 Å². The number of nitrogens with zero attached hydrogens (tertiary/aromatic N) is 1. The van der Waals surface area contributed by atoms with Gasteiger partial charge in [-0.05, 0) is 19.9 Å². The molecule has 0 spiro atoms. The minimum atomic E-state index is -0.693. The predicted molar refractivity (Wildman–Crippen MR) is 160 cm³/mol. The van der Waals surface area contributed by atoms with Gasteiger partial charge in [-0.3, -0.25) is 9.69 Å². The monoisotopic (exact) mass is 510 g/mol. The van der Waals surface area contributed by atoms with Crippen molar-refractivity contribution >= 4 is 5.97 Å². The number of carbonyl (C=O) groups is 1. The second-order valence-corrected chi connectivity index (χ2v) is 11.7. The second kappa shape index (κ2) is 29.0. The van der Waals surface area contributed by atoms with Crippen LogP contribution in [0.4, 0.5) is 0 Å². The van der Waals surface area contributed by atoms with Gasteiger partial charge in [-0.2, -0.15) is 0 Å². The third kappa shape index (κ3) is 26.5. The molecule has 1 N–H and O–H groups in total. The van der Waals surface area contributed by atoms with Crippen LogP contribution in [0, 0.1) is 0 Å². The van der Waals surface area contributed by atoms with Crippen LogP contribution in [-0.2, 0) is 4.79 Å².